The van der Waals surface area contributed by atoms with E-state index < -0.39 is 0 Å². The van der Waals surface area contributed by atoms with Gasteiger partial charge in [-0.3, -0.25) is 0 Å². The molecular formula is C15H28N4. The molecule has 0 saturated carbocycles. The molecule has 0 atom stereocenters. The second-order valence-corrected chi connectivity index (χ2v) is 6.14. The summed E-state index contributed by atoms with van der Waals surface area (Å²) in [5.41, 5.74) is 0. The Labute approximate surface area is 117 Å². The van der Waals surface area contributed by atoms with Crippen molar-refractivity contribution in [2.24, 2.45) is 11.8 Å². The Morgan fingerprint density at radius 3 is 2.68 bits per heavy atom. The summed E-state index contributed by atoms with van der Waals surface area (Å²) in [5, 5.41) is 3.59. The summed E-state index contributed by atoms with van der Waals surface area (Å²) < 4.78 is 2.16. The first-order valence-electron chi connectivity index (χ1n) is 7.63. The average molecular weight is 264 g/mol. The van der Waals surface area contributed by atoms with Gasteiger partial charge in [0, 0.05) is 25.5 Å². The average Bonchev–Trinajstić information content (AvgIpc) is 2.90. The Bertz CT molecular complexity index is 326. The molecule has 2 heterocycles. The number of aromatic nitrogens is 2. The van der Waals surface area contributed by atoms with Crippen molar-refractivity contribution in [1.29, 1.82) is 0 Å². The van der Waals surface area contributed by atoms with Crippen molar-refractivity contribution in [3.05, 3.63) is 18.7 Å². The van der Waals surface area contributed by atoms with Gasteiger partial charge in [-0.1, -0.05) is 13.8 Å². The predicted octanol–water partition coefficient (Wildman–Crippen LogP) is 1.84. The SMILES string of the molecule is CC(C)CNCC1CCN(CCn2ccnc2)CC1. The quantitative estimate of drug-likeness (QED) is 0.816. The molecule has 0 unspecified atom stereocenters. The Morgan fingerprint density at radius 2 is 2.05 bits per heavy atom. The minimum Gasteiger partial charge on any atom is -0.336 e. The fourth-order valence-electron chi connectivity index (χ4n) is 2.67. The van der Waals surface area contributed by atoms with Gasteiger partial charge in [-0.15, -0.1) is 0 Å². The fourth-order valence-corrected chi connectivity index (χ4v) is 2.67. The highest BCUT2D eigenvalue weighted by atomic mass is 15.2. The predicted molar refractivity (Wildman–Crippen MR) is 79.1 cm³/mol. The monoisotopic (exact) mass is 264 g/mol. The molecule has 1 fully saturated rings. The lowest BCUT2D eigenvalue weighted by Gasteiger charge is -2.32. The van der Waals surface area contributed by atoms with Crippen LogP contribution in [0.25, 0.3) is 0 Å². The van der Waals surface area contributed by atoms with Crippen LogP contribution in [-0.4, -0.2) is 47.2 Å². The van der Waals surface area contributed by atoms with Crippen LogP contribution in [0.2, 0.25) is 0 Å². The molecule has 1 saturated heterocycles. The minimum absolute atomic E-state index is 0.760. The number of piperidine rings is 1. The van der Waals surface area contributed by atoms with Crippen LogP contribution in [0.3, 0.4) is 0 Å². The zero-order chi connectivity index (χ0) is 13.5. The molecule has 4 nitrogen and oxygen atoms in total. The van der Waals surface area contributed by atoms with Crippen LogP contribution in [0, 0.1) is 11.8 Å². The second kappa shape index (κ2) is 7.65. The van der Waals surface area contributed by atoms with E-state index in [-0.39, 0.29) is 0 Å². The highest BCUT2D eigenvalue weighted by molar-refractivity contribution is 4.77. The van der Waals surface area contributed by atoms with E-state index in [4.69, 9.17) is 0 Å². The molecule has 4 heteroatoms. The summed E-state index contributed by atoms with van der Waals surface area (Å²) in [6, 6.07) is 0. The van der Waals surface area contributed by atoms with Crippen molar-refractivity contribution in [2.75, 3.05) is 32.7 Å². The third-order valence-corrected chi connectivity index (χ3v) is 3.93. The highest BCUT2D eigenvalue weighted by Crippen LogP contribution is 2.16. The van der Waals surface area contributed by atoms with E-state index in [0.717, 1.165) is 31.5 Å². The molecular weight excluding hydrogens is 236 g/mol. The third kappa shape index (κ3) is 5.33. The van der Waals surface area contributed by atoms with Gasteiger partial charge in [0.25, 0.3) is 0 Å². The normalized spacial score (nSPS) is 18.3. The van der Waals surface area contributed by atoms with Gasteiger partial charge in [-0.2, -0.15) is 0 Å². The summed E-state index contributed by atoms with van der Waals surface area (Å²) >= 11 is 0. The van der Waals surface area contributed by atoms with E-state index in [0.29, 0.717) is 0 Å². The lowest BCUT2D eigenvalue weighted by atomic mass is 9.96. The maximum atomic E-state index is 4.08. The van der Waals surface area contributed by atoms with Crippen molar-refractivity contribution in [1.82, 2.24) is 19.8 Å². The Balaban J connectivity index is 1.57. The van der Waals surface area contributed by atoms with Crippen LogP contribution >= 0.6 is 0 Å². The van der Waals surface area contributed by atoms with E-state index in [1.165, 1.54) is 32.5 Å². The summed E-state index contributed by atoms with van der Waals surface area (Å²) in [6.07, 6.45) is 8.49. The van der Waals surface area contributed by atoms with Crippen LogP contribution in [0.4, 0.5) is 0 Å². The number of nitrogens with zero attached hydrogens (tertiary/aromatic N) is 3. The number of likely N-dealkylation sites (tertiary alicyclic amines) is 1. The van der Waals surface area contributed by atoms with Crippen molar-refractivity contribution >= 4 is 0 Å². The maximum Gasteiger partial charge on any atom is 0.0946 e. The van der Waals surface area contributed by atoms with Gasteiger partial charge >= 0.3 is 0 Å². The molecule has 1 aromatic rings. The molecule has 0 amide bonds. The van der Waals surface area contributed by atoms with Gasteiger partial charge in [0.05, 0.1) is 6.33 Å². The molecule has 2 rings (SSSR count). The van der Waals surface area contributed by atoms with Crippen molar-refractivity contribution < 1.29 is 0 Å². The smallest absolute Gasteiger partial charge is 0.0946 e. The molecule has 0 bridgehead atoms. The van der Waals surface area contributed by atoms with Crippen LogP contribution in [-0.2, 0) is 6.54 Å². The zero-order valence-electron chi connectivity index (χ0n) is 12.4. The van der Waals surface area contributed by atoms with Gasteiger partial charge in [0.2, 0.25) is 0 Å². The lowest BCUT2D eigenvalue weighted by molar-refractivity contribution is 0.176. The van der Waals surface area contributed by atoms with Crippen molar-refractivity contribution in [3.63, 3.8) is 0 Å². The third-order valence-electron chi connectivity index (χ3n) is 3.93. The molecule has 0 spiro atoms. The number of hydrogen-bond donors (Lipinski definition) is 1. The Kier molecular flexibility index (Phi) is 5.86. The Morgan fingerprint density at radius 1 is 1.26 bits per heavy atom. The molecule has 0 radical (unpaired) electrons. The second-order valence-electron chi connectivity index (χ2n) is 6.14. The molecule has 1 aliphatic heterocycles. The van der Waals surface area contributed by atoms with Crippen LogP contribution < -0.4 is 5.32 Å². The first-order valence-corrected chi connectivity index (χ1v) is 7.63. The Hall–Kier alpha value is -0.870. The standard InChI is InChI=1S/C15H28N4/c1-14(2)11-17-12-15-3-6-18(7-4-15)9-10-19-8-5-16-13-19/h5,8,13-15,17H,3-4,6-7,9-12H2,1-2H3. The highest BCUT2D eigenvalue weighted by Gasteiger charge is 2.18. The lowest BCUT2D eigenvalue weighted by Crippen LogP contribution is -2.39. The van der Waals surface area contributed by atoms with E-state index in [1.54, 1.807) is 0 Å². The van der Waals surface area contributed by atoms with E-state index in [1.807, 2.05) is 18.7 Å². The van der Waals surface area contributed by atoms with E-state index in [2.05, 4.69) is 33.6 Å². The summed E-state index contributed by atoms with van der Waals surface area (Å²) in [6.45, 7) is 11.6. The number of nitrogens with one attached hydrogen (secondary N) is 1. The maximum absolute atomic E-state index is 4.08. The molecule has 19 heavy (non-hydrogen) atoms. The first kappa shape index (κ1) is 14.5. The fraction of sp³-hybridized carbons (Fsp3) is 0.800. The van der Waals surface area contributed by atoms with E-state index >= 15 is 0 Å². The van der Waals surface area contributed by atoms with Gasteiger partial charge < -0.3 is 14.8 Å². The van der Waals surface area contributed by atoms with Crippen LogP contribution in [0.5, 0.6) is 0 Å². The molecule has 108 valence electrons. The topological polar surface area (TPSA) is 33.1 Å². The van der Waals surface area contributed by atoms with Gasteiger partial charge in [-0.05, 0) is 50.9 Å². The van der Waals surface area contributed by atoms with E-state index in [9.17, 15) is 0 Å². The van der Waals surface area contributed by atoms with Gasteiger partial charge in [-0.25, -0.2) is 4.98 Å². The molecule has 0 aliphatic carbocycles. The number of hydrogen-bond acceptors (Lipinski definition) is 3. The number of rotatable bonds is 7. The first-order chi connectivity index (χ1) is 9.24. The molecule has 0 aromatic carbocycles. The van der Waals surface area contributed by atoms with Gasteiger partial charge in [0.1, 0.15) is 0 Å². The zero-order valence-corrected chi connectivity index (χ0v) is 12.4. The minimum atomic E-state index is 0.760. The summed E-state index contributed by atoms with van der Waals surface area (Å²) in [7, 11) is 0. The van der Waals surface area contributed by atoms with Crippen molar-refractivity contribution in [3.8, 4) is 0 Å². The summed E-state index contributed by atoms with van der Waals surface area (Å²) in [4.78, 5) is 6.66. The molecule has 1 aromatic heterocycles. The molecule has 1 N–H and O–H groups in total. The number of imidazole rings is 1. The van der Waals surface area contributed by atoms with Crippen molar-refractivity contribution in [2.45, 2.75) is 33.2 Å². The molecule has 1 aliphatic rings. The van der Waals surface area contributed by atoms with Crippen LogP contribution in [0.15, 0.2) is 18.7 Å². The summed E-state index contributed by atoms with van der Waals surface area (Å²) in [5.74, 6) is 1.64. The van der Waals surface area contributed by atoms with Gasteiger partial charge in [0.15, 0.2) is 0 Å². The van der Waals surface area contributed by atoms with Crippen LogP contribution in [0.1, 0.15) is 26.7 Å². The largest absolute Gasteiger partial charge is 0.336 e.